The smallest absolute Gasteiger partial charge is 0.0701 e. The van der Waals surface area contributed by atoms with Crippen LogP contribution in [-0.4, -0.2) is 13.6 Å². The SMILES string of the molecule is CCNC(C)c1ccc(N(C)Cc2csc(Br)c2)c(Cl)c1. The number of hydrogen-bond acceptors (Lipinski definition) is 3. The minimum absolute atomic E-state index is 0.319. The maximum absolute atomic E-state index is 6.46. The number of thiophene rings is 1. The number of anilines is 1. The molecule has 114 valence electrons. The lowest BCUT2D eigenvalue weighted by Crippen LogP contribution is -2.19. The molecule has 0 bridgehead atoms. The van der Waals surface area contributed by atoms with Gasteiger partial charge in [0.2, 0.25) is 0 Å². The summed E-state index contributed by atoms with van der Waals surface area (Å²) in [6, 6.07) is 8.78. The van der Waals surface area contributed by atoms with Gasteiger partial charge in [-0.1, -0.05) is 24.6 Å². The van der Waals surface area contributed by atoms with E-state index >= 15 is 0 Å². The molecule has 1 aromatic heterocycles. The van der Waals surface area contributed by atoms with Crippen molar-refractivity contribution in [2.75, 3.05) is 18.5 Å². The largest absolute Gasteiger partial charge is 0.369 e. The van der Waals surface area contributed by atoms with Crippen LogP contribution in [-0.2, 0) is 6.54 Å². The predicted molar refractivity (Wildman–Crippen MR) is 97.7 cm³/mol. The second-order valence-corrected chi connectivity index (χ2v) is 7.80. The Bertz CT molecular complexity index is 600. The Morgan fingerprint density at radius 1 is 1.38 bits per heavy atom. The first-order chi connectivity index (χ1) is 10.0. The summed E-state index contributed by atoms with van der Waals surface area (Å²) in [5.41, 5.74) is 3.57. The Labute approximate surface area is 144 Å². The van der Waals surface area contributed by atoms with Gasteiger partial charge in [-0.2, -0.15) is 0 Å². The van der Waals surface area contributed by atoms with E-state index in [4.69, 9.17) is 11.6 Å². The fourth-order valence-corrected chi connectivity index (χ4v) is 3.85. The second-order valence-electron chi connectivity index (χ2n) is 5.11. The van der Waals surface area contributed by atoms with Crippen molar-refractivity contribution in [1.29, 1.82) is 0 Å². The summed E-state index contributed by atoms with van der Waals surface area (Å²) >= 11 is 11.7. The van der Waals surface area contributed by atoms with Crippen LogP contribution in [0.2, 0.25) is 5.02 Å². The summed E-state index contributed by atoms with van der Waals surface area (Å²) in [4.78, 5) is 2.18. The molecule has 2 rings (SSSR count). The molecule has 1 atom stereocenters. The molecule has 0 saturated heterocycles. The lowest BCUT2D eigenvalue weighted by Gasteiger charge is -2.22. The molecule has 0 saturated carbocycles. The fraction of sp³-hybridized carbons (Fsp3) is 0.375. The van der Waals surface area contributed by atoms with E-state index in [0.29, 0.717) is 6.04 Å². The van der Waals surface area contributed by atoms with Crippen molar-refractivity contribution in [3.05, 3.63) is 49.6 Å². The monoisotopic (exact) mass is 386 g/mol. The number of rotatable bonds is 6. The van der Waals surface area contributed by atoms with E-state index < -0.39 is 0 Å². The molecule has 0 amide bonds. The van der Waals surface area contributed by atoms with Crippen LogP contribution in [0.25, 0.3) is 0 Å². The van der Waals surface area contributed by atoms with Gasteiger partial charge < -0.3 is 10.2 Å². The van der Waals surface area contributed by atoms with E-state index in [0.717, 1.165) is 27.6 Å². The Morgan fingerprint density at radius 2 is 2.14 bits per heavy atom. The highest BCUT2D eigenvalue weighted by atomic mass is 79.9. The van der Waals surface area contributed by atoms with Crippen LogP contribution in [0.5, 0.6) is 0 Å². The Balaban J connectivity index is 2.12. The quantitative estimate of drug-likeness (QED) is 0.707. The van der Waals surface area contributed by atoms with Crippen LogP contribution in [0.1, 0.15) is 31.0 Å². The van der Waals surface area contributed by atoms with E-state index in [1.807, 2.05) is 0 Å². The summed E-state index contributed by atoms with van der Waals surface area (Å²) in [5, 5.41) is 6.37. The number of halogens is 2. The van der Waals surface area contributed by atoms with Crippen LogP contribution >= 0.6 is 38.9 Å². The summed E-state index contributed by atoms with van der Waals surface area (Å²) in [7, 11) is 2.07. The van der Waals surface area contributed by atoms with Gasteiger partial charge in [0.25, 0.3) is 0 Å². The normalized spacial score (nSPS) is 12.4. The molecule has 0 aliphatic carbocycles. The van der Waals surface area contributed by atoms with Crippen molar-refractivity contribution >= 4 is 44.6 Å². The highest BCUT2D eigenvalue weighted by molar-refractivity contribution is 9.11. The van der Waals surface area contributed by atoms with E-state index in [1.54, 1.807) is 11.3 Å². The zero-order chi connectivity index (χ0) is 15.4. The fourth-order valence-electron chi connectivity index (χ4n) is 2.31. The number of benzene rings is 1. The summed E-state index contributed by atoms with van der Waals surface area (Å²) in [6.07, 6.45) is 0. The maximum atomic E-state index is 6.46. The van der Waals surface area contributed by atoms with E-state index in [9.17, 15) is 0 Å². The molecule has 2 aromatic rings. The predicted octanol–water partition coefficient (Wildman–Crippen LogP) is 5.47. The average molecular weight is 388 g/mol. The van der Waals surface area contributed by atoms with Gasteiger partial charge in [-0.25, -0.2) is 0 Å². The first-order valence-corrected chi connectivity index (χ1v) is 9.03. The molecule has 21 heavy (non-hydrogen) atoms. The van der Waals surface area contributed by atoms with Crippen LogP contribution in [0.3, 0.4) is 0 Å². The molecule has 1 aromatic carbocycles. The molecule has 5 heteroatoms. The Morgan fingerprint density at radius 3 is 2.71 bits per heavy atom. The van der Waals surface area contributed by atoms with Crippen LogP contribution < -0.4 is 10.2 Å². The van der Waals surface area contributed by atoms with Crippen molar-refractivity contribution in [3.63, 3.8) is 0 Å². The molecule has 1 unspecified atom stereocenters. The topological polar surface area (TPSA) is 15.3 Å². The zero-order valence-corrected chi connectivity index (χ0v) is 15.6. The molecule has 0 fully saturated rings. The zero-order valence-electron chi connectivity index (χ0n) is 12.5. The van der Waals surface area contributed by atoms with E-state index in [-0.39, 0.29) is 0 Å². The highest BCUT2D eigenvalue weighted by Gasteiger charge is 2.11. The molecule has 0 aliphatic heterocycles. The van der Waals surface area contributed by atoms with Gasteiger partial charge in [0.1, 0.15) is 0 Å². The second kappa shape index (κ2) is 7.63. The highest BCUT2D eigenvalue weighted by Crippen LogP contribution is 2.30. The van der Waals surface area contributed by atoms with Crippen molar-refractivity contribution in [1.82, 2.24) is 5.32 Å². The van der Waals surface area contributed by atoms with Gasteiger partial charge in [-0.05, 0) is 64.1 Å². The Hall–Kier alpha value is -0.550. The number of hydrogen-bond donors (Lipinski definition) is 1. The van der Waals surface area contributed by atoms with Gasteiger partial charge in [0.15, 0.2) is 0 Å². The third-order valence-corrected chi connectivity index (χ3v) is 5.29. The summed E-state index contributed by atoms with van der Waals surface area (Å²) < 4.78 is 1.16. The van der Waals surface area contributed by atoms with Crippen LogP contribution in [0.4, 0.5) is 5.69 Å². The first-order valence-electron chi connectivity index (χ1n) is 6.98. The van der Waals surface area contributed by atoms with Crippen LogP contribution in [0, 0.1) is 0 Å². The van der Waals surface area contributed by atoms with Crippen molar-refractivity contribution in [2.24, 2.45) is 0 Å². The minimum atomic E-state index is 0.319. The van der Waals surface area contributed by atoms with Crippen molar-refractivity contribution in [3.8, 4) is 0 Å². The summed E-state index contributed by atoms with van der Waals surface area (Å²) in [6.45, 7) is 6.07. The van der Waals surface area contributed by atoms with E-state index in [1.165, 1.54) is 11.1 Å². The molecule has 1 N–H and O–H groups in total. The third kappa shape index (κ3) is 4.46. The molecule has 0 spiro atoms. The molecular formula is C16H20BrClN2S. The van der Waals surface area contributed by atoms with Gasteiger partial charge >= 0.3 is 0 Å². The molecule has 0 radical (unpaired) electrons. The lowest BCUT2D eigenvalue weighted by molar-refractivity contribution is 0.598. The molecule has 2 nitrogen and oxygen atoms in total. The number of nitrogens with one attached hydrogen (secondary N) is 1. The molecular weight excluding hydrogens is 368 g/mol. The van der Waals surface area contributed by atoms with E-state index in [2.05, 4.69) is 76.7 Å². The average Bonchev–Trinajstić information content (AvgIpc) is 2.84. The maximum Gasteiger partial charge on any atom is 0.0701 e. The van der Waals surface area contributed by atoms with Gasteiger partial charge in [0, 0.05) is 19.6 Å². The molecule has 1 heterocycles. The number of nitrogens with zero attached hydrogens (tertiary/aromatic N) is 1. The summed E-state index contributed by atoms with van der Waals surface area (Å²) in [5.74, 6) is 0. The lowest BCUT2D eigenvalue weighted by atomic mass is 10.1. The van der Waals surface area contributed by atoms with Gasteiger partial charge in [0.05, 0.1) is 14.5 Å². The third-order valence-electron chi connectivity index (χ3n) is 3.43. The van der Waals surface area contributed by atoms with Crippen molar-refractivity contribution in [2.45, 2.75) is 26.4 Å². The van der Waals surface area contributed by atoms with Gasteiger partial charge in [-0.3, -0.25) is 0 Å². The van der Waals surface area contributed by atoms with Crippen molar-refractivity contribution < 1.29 is 0 Å². The minimum Gasteiger partial charge on any atom is -0.369 e. The first kappa shape index (κ1) is 16.8. The van der Waals surface area contributed by atoms with Crippen LogP contribution in [0.15, 0.2) is 33.4 Å². The Kier molecular flexibility index (Phi) is 6.11. The molecule has 0 aliphatic rings. The standard InChI is InChI=1S/C16H20BrClN2S/c1-4-19-11(2)13-5-6-15(14(18)8-13)20(3)9-12-7-16(17)21-10-12/h5-8,10-11,19H,4,9H2,1-3H3. The van der Waals surface area contributed by atoms with Gasteiger partial charge in [-0.15, -0.1) is 11.3 Å².